The molecule has 1 nitrogen and oxygen atoms in total. The van der Waals surface area contributed by atoms with Crippen LogP contribution in [0, 0.1) is 17.8 Å². The Kier molecular flexibility index (Phi) is 5.66. The number of rotatable bonds is 8. The van der Waals surface area contributed by atoms with E-state index in [0.29, 0.717) is 0 Å². The largest absolute Gasteiger partial charge is 0.313 e. The zero-order valence-electron chi connectivity index (χ0n) is 11.1. The van der Waals surface area contributed by atoms with Gasteiger partial charge < -0.3 is 5.32 Å². The first kappa shape index (κ1) is 13.0. The minimum Gasteiger partial charge on any atom is -0.313 e. The van der Waals surface area contributed by atoms with Gasteiger partial charge in [-0.15, -0.1) is 0 Å². The van der Waals surface area contributed by atoms with Gasteiger partial charge in [0, 0.05) is 6.04 Å². The summed E-state index contributed by atoms with van der Waals surface area (Å²) in [6, 6.07) is 0.771. The minimum atomic E-state index is 0.771. The summed E-state index contributed by atoms with van der Waals surface area (Å²) in [6.45, 7) is 10.6. The van der Waals surface area contributed by atoms with Gasteiger partial charge in [0.05, 0.1) is 0 Å². The van der Waals surface area contributed by atoms with Crippen molar-refractivity contribution in [3.63, 3.8) is 0 Å². The van der Waals surface area contributed by atoms with Gasteiger partial charge in [-0.05, 0) is 43.6 Å². The first-order chi connectivity index (χ1) is 7.24. The Morgan fingerprint density at radius 3 is 2.13 bits per heavy atom. The smallest absolute Gasteiger partial charge is 0.0123 e. The summed E-state index contributed by atoms with van der Waals surface area (Å²) in [7, 11) is 0. The van der Waals surface area contributed by atoms with Gasteiger partial charge in [0.2, 0.25) is 0 Å². The predicted molar refractivity (Wildman–Crippen MR) is 68.0 cm³/mol. The van der Waals surface area contributed by atoms with E-state index in [1.807, 2.05) is 0 Å². The lowest BCUT2D eigenvalue weighted by Crippen LogP contribution is -2.42. The van der Waals surface area contributed by atoms with Crippen LogP contribution in [0.3, 0.4) is 0 Å². The molecule has 2 atom stereocenters. The topological polar surface area (TPSA) is 12.0 Å². The molecule has 0 saturated heterocycles. The molecule has 0 aliphatic heterocycles. The molecule has 0 aromatic carbocycles. The van der Waals surface area contributed by atoms with E-state index in [0.717, 1.165) is 23.8 Å². The molecule has 0 amide bonds. The summed E-state index contributed by atoms with van der Waals surface area (Å²) in [5.74, 6) is 2.80. The van der Waals surface area contributed by atoms with Crippen LogP contribution in [0.15, 0.2) is 0 Å². The van der Waals surface area contributed by atoms with Crippen LogP contribution in [0.25, 0.3) is 0 Å². The summed E-state index contributed by atoms with van der Waals surface area (Å²) >= 11 is 0. The van der Waals surface area contributed by atoms with E-state index in [9.17, 15) is 0 Å². The Balaban J connectivity index is 2.49. The molecular weight excluding hydrogens is 182 g/mol. The molecule has 0 bridgehead atoms. The molecule has 90 valence electrons. The highest BCUT2D eigenvalue weighted by Gasteiger charge is 2.35. The van der Waals surface area contributed by atoms with Crippen molar-refractivity contribution < 1.29 is 0 Å². The quantitative estimate of drug-likeness (QED) is 0.643. The lowest BCUT2D eigenvalue weighted by molar-refractivity contribution is 0.237. The molecule has 0 spiro atoms. The molecule has 0 heterocycles. The first-order valence-corrected chi connectivity index (χ1v) is 6.97. The lowest BCUT2D eigenvalue weighted by atomic mass is 9.83. The van der Waals surface area contributed by atoms with Crippen LogP contribution in [0.5, 0.6) is 0 Å². The van der Waals surface area contributed by atoms with Crippen molar-refractivity contribution in [2.24, 2.45) is 17.8 Å². The maximum atomic E-state index is 3.79. The molecule has 0 aromatic heterocycles. The molecule has 1 rings (SSSR count). The van der Waals surface area contributed by atoms with Crippen molar-refractivity contribution in [2.45, 2.75) is 65.8 Å². The second kappa shape index (κ2) is 6.52. The molecule has 2 unspecified atom stereocenters. The highest BCUT2D eigenvalue weighted by molar-refractivity contribution is 4.89. The van der Waals surface area contributed by atoms with Gasteiger partial charge in [0.15, 0.2) is 0 Å². The zero-order valence-corrected chi connectivity index (χ0v) is 11.1. The molecule has 0 radical (unpaired) electrons. The lowest BCUT2D eigenvalue weighted by Gasteiger charge is -2.32. The molecule has 1 fully saturated rings. The van der Waals surface area contributed by atoms with E-state index in [1.165, 1.54) is 38.6 Å². The third kappa shape index (κ3) is 3.79. The van der Waals surface area contributed by atoms with Gasteiger partial charge >= 0.3 is 0 Å². The van der Waals surface area contributed by atoms with Gasteiger partial charge in [-0.3, -0.25) is 0 Å². The van der Waals surface area contributed by atoms with E-state index >= 15 is 0 Å². The van der Waals surface area contributed by atoms with Crippen molar-refractivity contribution >= 4 is 0 Å². The molecular formula is C14H29N. The zero-order chi connectivity index (χ0) is 11.3. The highest BCUT2D eigenvalue weighted by atomic mass is 14.9. The van der Waals surface area contributed by atoms with Crippen LogP contribution in [-0.2, 0) is 0 Å². The third-order valence-corrected chi connectivity index (χ3v) is 4.12. The van der Waals surface area contributed by atoms with E-state index in [1.54, 1.807) is 0 Å². The average molecular weight is 211 g/mol. The van der Waals surface area contributed by atoms with E-state index in [2.05, 4.69) is 33.0 Å². The fraction of sp³-hybridized carbons (Fsp3) is 1.00. The third-order valence-electron chi connectivity index (χ3n) is 4.12. The highest BCUT2D eigenvalue weighted by Crippen LogP contribution is 2.40. The van der Waals surface area contributed by atoms with E-state index in [4.69, 9.17) is 0 Å². The van der Waals surface area contributed by atoms with Crippen LogP contribution < -0.4 is 5.32 Å². The van der Waals surface area contributed by atoms with Gasteiger partial charge in [0.1, 0.15) is 0 Å². The van der Waals surface area contributed by atoms with Gasteiger partial charge in [0.25, 0.3) is 0 Å². The summed E-state index contributed by atoms with van der Waals surface area (Å²) in [5.41, 5.74) is 0. The van der Waals surface area contributed by atoms with Crippen LogP contribution in [0.1, 0.15) is 59.8 Å². The summed E-state index contributed by atoms with van der Waals surface area (Å²) in [4.78, 5) is 0. The Labute approximate surface area is 96.0 Å². The second-order valence-electron chi connectivity index (χ2n) is 5.25. The molecule has 1 heteroatoms. The SMILES string of the molecule is CCCNC(C(CC)CC)C(C)C1CC1. The Hall–Kier alpha value is -0.0400. The van der Waals surface area contributed by atoms with Crippen molar-refractivity contribution in [2.75, 3.05) is 6.54 Å². The Morgan fingerprint density at radius 1 is 1.13 bits per heavy atom. The van der Waals surface area contributed by atoms with Crippen LogP contribution in [0.4, 0.5) is 0 Å². The van der Waals surface area contributed by atoms with Gasteiger partial charge in [-0.2, -0.15) is 0 Å². The molecule has 1 N–H and O–H groups in total. The summed E-state index contributed by atoms with van der Waals surface area (Å²) < 4.78 is 0. The van der Waals surface area contributed by atoms with Crippen LogP contribution >= 0.6 is 0 Å². The maximum absolute atomic E-state index is 3.79. The molecule has 1 aliphatic carbocycles. The van der Waals surface area contributed by atoms with Gasteiger partial charge in [-0.1, -0.05) is 40.5 Å². The van der Waals surface area contributed by atoms with E-state index in [-0.39, 0.29) is 0 Å². The van der Waals surface area contributed by atoms with Gasteiger partial charge in [-0.25, -0.2) is 0 Å². The Morgan fingerprint density at radius 2 is 1.73 bits per heavy atom. The second-order valence-corrected chi connectivity index (χ2v) is 5.25. The predicted octanol–water partition coefficient (Wildman–Crippen LogP) is 3.84. The normalized spacial score (nSPS) is 20.6. The van der Waals surface area contributed by atoms with Crippen molar-refractivity contribution in [1.82, 2.24) is 5.32 Å². The summed E-state index contributed by atoms with van der Waals surface area (Å²) in [5, 5.41) is 3.79. The van der Waals surface area contributed by atoms with Crippen molar-refractivity contribution in [3.05, 3.63) is 0 Å². The maximum Gasteiger partial charge on any atom is 0.0123 e. The standard InChI is InChI=1S/C14H29N/c1-5-10-15-14(12(6-2)7-3)11(4)13-8-9-13/h11-15H,5-10H2,1-4H3. The van der Waals surface area contributed by atoms with Crippen LogP contribution in [0.2, 0.25) is 0 Å². The van der Waals surface area contributed by atoms with Crippen LogP contribution in [-0.4, -0.2) is 12.6 Å². The Bertz CT molecular complexity index is 157. The van der Waals surface area contributed by atoms with E-state index < -0.39 is 0 Å². The molecule has 1 saturated carbocycles. The fourth-order valence-electron chi connectivity index (χ4n) is 2.80. The van der Waals surface area contributed by atoms with Crippen molar-refractivity contribution in [1.29, 1.82) is 0 Å². The number of hydrogen-bond donors (Lipinski definition) is 1. The average Bonchev–Trinajstić information content (AvgIpc) is 3.07. The molecule has 0 aromatic rings. The molecule has 1 aliphatic rings. The monoisotopic (exact) mass is 211 g/mol. The number of hydrogen-bond acceptors (Lipinski definition) is 1. The summed E-state index contributed by atoms with van der Waals surface area (Å²) in [6.07, 6.45) is 6.87. The van der Waals surface area contributed by atoms with Crippen molar-refractivity contribution in [3.8, 4) is 0 Å². The molecule has 15 heavy (non-hydrogen) atoms. The minimum absolute atomic E-state index is 0.771. The first-order valence-electron chi connectivity index (χ1n) is 6.97. The fourth-order valence-corrected chi connectivity index (χ4v) is 2.80. The number of nitrogens with one attached hydrogen (secondary N) is 1.